The molecule has 0 N–H and O–H groups in total. The lowest BCUT2D eigenvalue weighted by molar-refractivity contribution is 0.0601. The quantitative estimate of drug-likeness (QED) is 0.174. The van der Waals surface area contributed by atoms with Gasteiger partial charge in [-0.15, -0.1) is 0 Å². The van der Waals surface area contributed by atoms with Gasteiger partial charge in [0.2, 0.25) is 5.88 Å². The van der Waals surface area contributed by atoms with Crippen LogP contribution >= 0.6 is 0 Å². The highest BCUT2D eigenvalue weighted by Gasteiger charge is 2.19. The molecule has 2 heterocycles. The Kier molecular flexibility index (Phi) is 9.12. The molecule has 0 aliphatic rings. The maximum atomic E-state index is 15.5. The number of benzene rings is 3. The monoisotopic (exact) mass is 598 g/mol. The van der Waals surface area contributed by atoms with E-state index >= 15 is 8.78 Å². The van der Waals surface area contributed by atoms with Gasteiger partial charge < -0.3 is 23.5 Å². The maximum absolute atomic E-state index is 15.5. The van der Waals surface area contributed by atoms with Gasteiger partial charge in [-0.25, -0.2) is 23.5 Å². The minimum Gasteiger partial charge on any atom is -0.496 e. The third-order valence-corrected chi connectivity index (χ3v) is 7.04. The van der Waals surface area contributed by atoms with Crippen LogP contribution in [0, 0.1) is 23.0 Å². The van der Waals surface area contributed by atoms with Gasteiger partial charge in [-0.05, 0) is 54.1 Å². The lowest BCUT2D eigenvalue weighted by Gasteiger charge is -2.12. The molecular formula is C33H28F2N4O5. The van der Waals surface area contributed by atoms with E-state index in [0.29, 0.717) is 52.4 Å². The Hall–Kier alpha value is -5.34. The first-order valence-corrected chi connectivity index (χ1v) is 13.6. The van der Waals surface area contributed by atoms with Gasteiger partial charge in [0.15, 0.2) is 0 Å². The van der Waals surface area contributed by atoms with Crippen molar-refractivity contribution in [3.63, 3.8) is 0 Å². The van der Waals surface area contributed by atoms with E-state index in [1.807, 2.05) is 4.57 Å². The lowest BCUT2D eigenvalue weighted by Crippen LogP contribution is -2.10. The van der Waals surface area contributed by atoms with Crippen LogP contribution in [0.1, 0.15) is 32.9 Å². The molecular weight excluding hydrogens is 570 g/mol. The van der Waals surface area contributed by atoms with E-state index in [9.17, 15) is 4.79 Å². The minimum absolute atomic E-state index is 0.00200. The van der Waals surface area contributed by atoms with Gasteiger partial charge in [0.05, 0.1) is 54.7 Å². The van der Waals surface area contributed by atoms with Crippen molar-refractivity contribution in [2.75, 3.05) is 27.9 Å². The number of esters is 1. The summed E-state index contributed by atoms with van der Waals surface area (Å²) in [6.07, 6.45) is -0.00200. The smallest absolute Gasteiger partial charge is 0.337 e. The second-order valence-corrected chi connectivity index (χ2v) is 9.76. The van der Waals surface area contributed by atoms with Gasteiger partial charge in [0, 0.05) is 37.3 Å². The van der Waals surface area contributed by atoms with E-state index in [2.05, 4.69) is 16.0 Å². The summed E-state index contributed by atoms with van der Waals surface area (Å²) in [5, 5.41) is 9.11. The topological polar surface area (TPSA) is 108 Å². The van der Waals surface area contributed by atoms with Crippen LogP contribution in [0.5, 0.6) is 11.6 Å². The first-order chi connectivity index (χ1) is 21.3. The highest BCUT2D eigenvalue weighted by molar-refractivity contribution is 5.93. The molecule has 0 saturated carbocycles. The van der Waals surface area contributed by atoms with Crippen molar-refractivity contribution in [2.45, 2.75) is 19.6 Å². The van der Waals surface area contributed by atoms with Crippen molar-refractivity contribution in [1.29, 1.82) is 5.26 Å². The fraction of sp³-hybridized carbons (Fsp3) is 0.212. The van der Waals surface area contributed by atoms with Gasteiger partial charge >= 0.3 is 5.97 Å². The molecule has 5 aromatic rings. The van der Waals surface area contributed by atoms with E-state index < -0.39 is 17.6 Å². The van der Waals surface area contributed by atoms with Crippen molar-refractivity contribution in [3.8, 4) is 29.0 Å². The summed E-state index contributed by atoms with van der Waals surface area (Å²) in [7, 11) is 4.36. The van der Waals surface area contributed by atoms with E-state index in [4.69, 9.17) is 24.2 Å². The number of pyridine rings is 1. The molecule has 0 unspecified atom stereocenters. The Labute approximate surface area is 252 Å². The average molecular weight is 599 g/mol. The Morgan fingerprint density at radius 2 is 1.80 bits per heavy atom. The van der Waals surface area contributed by atoms with Gasteiger partial charge in [-0.2, -0.15) is 5.26 Å². The number of nitriles is 1. The predicted molar refractivity (Wildman–Crippen MR) is 157 cm³/mol. The number of rotatable bonds is 11. The second-order valence-electron chi connectivity index (χ2n) is 9.76. The van der Waals surface area contributed by atoms with Gasteiger partial charge in [-0.1, -0.05) is 12.1 Å². The minimum atomic E-state index is -0.660. The summed E-state index contributed by atoms with van der Waals surface area (Å²) in [4.78, 5) is 21.1. The van der Waals surface area contributed by atoms with Gasteiger partial charge in [0.1, 0.15) is 29.8 Å². The number of halogens is 2. The van der Waals surface area contributed by atoms with Crippen molar-refractivity contribution < 1.29 is 32.5 Å². The molecule has 0 saturated heterocycles. The Balaban J connectivity index is 1.40. The standard InChI is InChI=1S/C33H28F2N4O5/c1-41-12-11-39-29-15-21(33(40)43-3)9-10-28(29)37-31(39)16-23-14-26(35)24(17-25(23)34)27-5-4-6-32(38-27)44-19-22-8-7-20(18-36)13-30(22)42-2/h4-10,13-15,17H,11-12,16,19H2,1-3H3. The molecule has 11 heteroatoms. The van der Waals surface area contributed by atoms with Crippen LogP contribution in [0.15, 0.2) is 66.7 Å². The SMILES string of the molecule is COCCn1c(Cc2cc(F)c(-c3cccc(OCc4ccc(C#N)cc4OC)n3)cc2F)nc2ccc(C(=O)OC)cc21. The molecule has 0 radical (unpaired) electrons. The number of carbonyl (C=O) groups is 1. The lowest BCUT2D eigenvalue weighted by atomic mass is 10.0. The largest absolute Gasteiger partial charge is 0.496 e. The molecule has 44 heavy (non-hydrogen) atoms. The van der Waals surface area contributed by atoms with Crippen LogP contribution in [0.2, 0.25) is 0 Å². The summed E-state index contributed by atoms with van der Waals surface area (Å²) in [5.41, 5.74) is 3.02. The molecule has 2 aromatic heterocycles. The van der Waals surface area contributed by atoms with Crippen molar-refractivity contribution >= 4 is 17.0 Å². The van der Waals surface area contributed by atoms with Crippen LogP contribution in [-0.4, -0.2) is 48.4 Å². The predicted octanol–water partition coefficient (Wildman–Crippen LogP) is 5.86. The zero-order valence-corrected chi connectivity index (χ0v) is 24.3. The van der Waals surface area contributed by atoms with E-state index in [1.165, 1.54) is 14.2 Å². The molecule has 5 rings (SSSR count). The number of hydrogen-bond donors (Lipinski definition) is 0. The highest BCUT2D eigenvalue weighted by atomic mass is 19.1. The fourth-order valence-corrected chi connectivity index (χ4v) is 4.80. The Bertz CT molecular complexity index is 1880. The first kappa shape index (κ1) is 30.1. The van der Waals surface area contributed by atoms with Crippen molar-refractivity contribution in [2.24, 2.45) is 0 Å². The number of methoxy groups -OCH3 is 3. The molecule has 224 valence electrons. The molecule has 0 amide bonds. The number of fused-ring (bicyclic) bond motifs is 1. The van der Waals surface area contributed by atoms with E-state index in [0.717, 1.165) is 12.1 Å². The fourth-order valence-electron chi connectivity index (χ4n) is 4.80. The van der Waals surface area contributed by atoms with Crippen LogP contribution in [0.3, 0.4) is 0 Å². The Morgan fingerprint density at radius 3 is 2.55 bits per heavy atom. The molecule has 0 fully saturated rings. The average Bonchev–Trinajstić information content (AvgIpc) is 3.39. The molecule has 0 spiro atoms. The first-order valence-electron chi connectivity index (χ1n) is 13.6. The van der Waals surface area contributed by atoms with E-state index in [-0.39, 0.29) is 35.7 Å². The number of imidazole rings is 1. The summed E-state index contributed by atoms with van der Waals surface area (Å²) in [6, 6.07) is 19.0. The van der Waals surface area contributed by atoms with Crippen LogP contribution < -0.4 is 9.47 Å². The third-order valence-electron chi connectivity index (χ3n) is 7.04. The second kappa shape index (κ2) is 13.3. The summed E-state index contributed by atoms with van der Waals surface area (Å²) >= 11 is 0. The zero-order chi connectivity index (χ0) is 31.2. The highest BCUT2D eigenvalue weighted by Crippen LogP contribution is 2.29. The van der Waals surface area contributed by atoms with Crippen molar-refractivity contribution in [3.05, 3.63) is 106 Å². The van der Waals surface area contributed by atoms with Crippen LogP contribution in [0.25, 0.3) is 22.3 Å². The number of hydrogen-bond acceptors (Lipinski definition) is 8. The van der Waals surface area contributed by atoms with Gasteiger partial charge in [0.25, 0.3) is 0 Å². The molecule has 0 atom stereocenters. The summed E-state index contributed by atoms with van der Waals surface area (Å²) in [6.45, 7) is 0.825. The number of nitrogens with zero attached hydrogens (tertiary/aromatic N) is 4. The Morgan fingerprint density at radius 1 is 0.955 bits per heavy atom. The number of carbonyl (C=O) groups excluding carboxylic acids is 1. The normalized spacial score (nSPS) is 10.9. The number of aromatic nitrogens is 3. The van der Waals surface area contributed by atoms with Gasteiger partial charge in [-0.3, -0.25) is 0 Å². The summed E-state index contributed by atoms with van der Waals surface area (Å²) in [5.74, 6) is -0.602. The number of ether oxygens (including phenoxy) is 4. The molecule has 3 aromatic carbocycles. The summed E-state index contributed by atoms with van der Waals surface area (Å²) < 4.78 is 54.0. The van der Waals surface area contributed by atoms with E-state index in [1.54, 1.807) is 61.7 Å². The molecule has 9 nitrogen and oxygen atoms in total. The molecule has 0 bridgehead atoms. The molecule has 0 aliphatic carbocycles. The maximum Gasteiger partial charge on any atom is 0.337 e. The molecule has 0 aliphatic heterocycles. The van der Waals surface area contributed by atoms with Crippen LogP contribution in [0.4, 0.5) is 8.78 Å². The van der Waals surface area contributed by atoms with Crippen molar-refractivity contribution in [1.82, 2.24) is 14.5 Å². The third kappa shape index (κ3) is 6.35. The van der Waals surface area contributed by atoms with Crippen LogP contribution in [-0.2, 0) is 29.0 Å². The zero-order valence-electron chi connectivity index (χ0n) is 24.3.